The fourth-order valence-electron chi connectivity index (χ4n) is 8.77. The number of benzene rings is 8. The van der Waals surface area contributed by atoms with Gasteiger partial charge in [-0.15, -0.1) is 0 Å². The predicted molar refractivity (Wildman–Crippen MR) is 224 cm³/mol. The topological polar surface area (TPSA) is 62.4 Å². The molecule has 0 spiro atoms. The average Bonchev–Trinajstić information content (AvgIpc) is 3.89. The zero-order chi connectivity index (χ0) is 36.6. The zero-order valence-electron chi connectivity index (χ0n) is 29.5. The predicted octanol–water partition coefficient (Wildman–Crippen LogP) is 12.4. The Bertz CT molecular complexity index is 3350. The van der Waals surface area contributed by atoms with Crippen LogP contribution in [0.3, 0.4) is 0 Å². The second-order valence-electron chi connectivity index (χ2n) is 14.0. The van der Waals surface area contributed by atoms with Gasteiger partial charge in [-0.2, -0.15) is 10.5 Å². The summed E-state index contributed by atoms with van der Waals surface area (Å²) in [5, 5.41) is 26.9. The maximum absolute atomic E-state index is 10.0. The van der Waals surface area contributed by atoms with E-state index in [4.69, 9.17) is 0 Å². The van der Waals surface area contributed by atoms with Gasteiger partial charge in [-0.3, -0.25) is 0 Å². The fourth-order valence-corrected chi connectivity index (χ4v) is 8.77. The number of fused-ring (bicyclic) bond motifs is 9. The minimum absolute atomic E-state index is 0.608. The summed E-state index contributed by atoms with van der Waals surface area (Å²) in [7, 11) is 0. The first-order valence-electron chi connectivity index (χ1n) is 18.3. The molecular weight excluding hydrogens is 671 g/mol. The average molecular weight is 700 g/mol. The summed E-state index contributed by atoms with van der Waals surface area (Å²) in [5.74, 6) is 0. The van der Waals surface area contributed by atoms with Crippen molar-refractivity contribution in [2.75, 3.05) is 0 Å². The SMILES string of the molecule is N#Cc1ccc(-n2c3ccccc3c3ccccc32)c(-c2ccc(-n3c4ccc(C#N)cc4c4c(-n5c6ccccc6c6ccccc65)cccc43)cc2)c1. The van der Waals surface area contributed by atoms with Crippen molar-refractivity contribution in [2.45, 2.75) is 0 Å². The van der Waals surface area contributed by atoms with Crippen molar-refractivity contribution in [1.29, 1.82) is 10.5 Å². The van der Waals surface area contributed by atoms with Crippen LogP contribution >= 0.6 is 0 Å². The van der Waals surface area contributed by atoms with Gasteiger partial charge in [0.25, 0.3) is 0 Å². The Kier molecular flexibility index (Phi) is 6.61. The molecule has 8 aromatic carbocycles. The Morgan fingerprint density at radius 1 is 0.345 bits per heavy atom. The summed E-state index contributed by atoms with van der Waals surface area (Å²) in [5.41, 5.74) is 12.9. The van der Waals surface area contributed by atoms with Crippen LogP contribution in [0.2, 0.25) is 0 Å². The summed E-state index contributed by atoms with van der Waals surface area (Å²) in [6, 6.07) is 65.9. The smallest absolute Gasteiger partial charge is 0.0991 e. The van der Waals surface area contributed by atoms with Crippen LogP contribution in [0.1, 0.15) is 11.1 Å². The number of hydrogen-bond acceptors (Lipinski definition) is 2. The number of nitrogens with zero attached hydrogens (tertiary/aromatic N) is 5. The lowest BCUT2D eigenvalue weighted by molar-refractivity contribution is 1.16. The van der Waals surface area contributed by atoms with E-state index in [9.17, 15) is 10.5 Å². The molecule has 11 rings (SSSR count). The molecule has 0 N–H and O–H groups in total. The molecule has 0 radical (unpaired) electrons. The van der Waals surface area contributed by atoms with Crippen LogP contribution in [0, 0.1) is 22.7 Å². The summed E-state index contributed by atoms with van der Waals surface area (Å²) in [6.07, 6.45) is 0. The molecule has 3 aromatic heterocycles. The van der Waals surface area contributed by atoms with Gasteiger partial charge in [-0.05, 0) is 90.5 Å². The number of nitriles is 2. The lowest BCUT2D eigenvalue weighted by Crippen LogP contribution is -1.99. The van der Waals surface area contributed by atoms with Gasteiger partial charge in [0.2, 0.25) is 0 Å². The van der Waals surface area contributed by atoms with Crippen LogP contribution in [0.15, 0.2) is 176 Å². The van der Waals surface area contributed by atoms with Crippen LogP contribution in [0.5, 0.6) is 0 Å². The van der Waals surface area contributed by atoms with Crippen molar-refractivity contribution in [3.63, 3.8) is 0 Å². The second-order valence-corrected chi connectivity index (χ2v) is 14.0. The lowest BCUT2D eigenvalue weighted by Gasteiger charge is -2.15. The van der Waals surface area contributed by atoms with Gasteiger partial charge in [0, 0.05) is 43.6 Å². The summed E-state index contributed by atoms with van der Waals surface area (Å²) in [4.78, 5) is 0. The highest BCUT2D eigenvalue weighted by Gasteiger charge is 2.21. The van der Waals surface area contributed by atoms with Crippen molar-refractivity contribution >= 4 is 65.4 Å². The third kappa shape index (κ3) is 4.45. The van der Waals surface area contributed by atoms with Gasteiger partial charge in [0.1, 0.15) is 0 Å². The molecule has 0 aliphatic rings. The largest absolute Gasteiger partial charge is 0.309 e. The van der Waals surface area contributed by atoms with Crippen LogP contribution in [-0.4, -0.2) is 13.7 Å². The first-order valence-corrected chi connectivity index (χ1v) is 18.3. The van der Waals surface area contributed by atoms with Gasteiger partial charge in [-0.25, -0.2) is 0 Å². The van der Waals surface area contributed by atoms with Crippen molar-refractivity contribution in [1.82, 2.24) is 13.7 Å². The summed E-state index contributed by atoms with van der Waals surface area (Å²) >= 11 is 0. The minimum atomic E-state index is 0.608. The molecule has 0 aliphatic heterocycles. The van der Waals surface area contributed by atoms with E-state index in [0.717, 1.165) is 72.1 Å². The van der Waals surface area contributed by atoms with E-state index in [1.807, 2.05) is 24.3 Å². The first kappa shape index (κ1) is 30.7. The van der Waals surface area contributed by atoms with Crippen LogP contribution in [0.25, 0.3) is 93.6 Å². The summed E-state index contributed by atoms with van der Waals surface area (Å²) < 4.78 is 6.97. The molecule has 254 valence electrons. The van der Waals surface area contributed by atoms with Gasteiger partial charge in [0.05, 0.1) is 67.7 Å². The Balaban J connectivity index is 1.14. The van der Waals surface area contributed by atoms with Crippen molar-refractivity contribution in [3.05, 3.63) is 187 Å². The van der Waals surface area contributed by atoms with Crippen LogP contribution < -0.4 is 0 Å². The van der Waals surface area contributed by atoms with E-state index in [0.29, 0.717) is 11.1 Å². The molecule has 11 aromatic rings. The zero-order valence-corrected chi connectivity index (χ0v) is 29.5. The maximum Gasteiger partial charge on any atom is 0.0991 e. The molecule has 5 nitrogen and oxygen atoms in total. The Hall–Kier alpha value is -7.86. The molecule has 3 heterocycles. The molecule has 0 saturated carbocycles. The van der Waals surface area contributed by atoms with Crippen molar-refractivity contribution in [3.8, 4) is 40.3 Å². The van der Waals surface area contributed by atoms with Crippen LogP contribution in [0.4, 0.5) is 0 Å². The first-order chi connectivity index (χ1) is 27.2. The molecule has 0 bridgehead atoms. The molecular formula is C50H29N5. The highest BCUT2D eigenvalue weighted by atomic mass is 15.0. The Labute approximate surface area is 316 Å². The van der Waals surface area contributed by atoms with Gasteiger partial charge < -0.3 is 13.7 Å². The minimum Gasteiger partial charge on any atom is -0.309 e. The number of aromatic nitrogens is 3. The number of para-hydroxylation sites is 4. The van der Waals surface area contributed by atoms with E-state index in [-0.39, 0.29) is 0 Å². The fraction of sp³-hybridized carbons (Fsp3) is 0. The van der Waals surface area contributed by atoms with E-state index in [1.54, 1.807) is 0 Å². The standard InChI is InChI=1S/C50H29N5/c51-30-32-20-26-46(54-42-14-5-1-10-36(42)37-11-2-6-15-43(37)54)40(28-32)34-22-24-35(25-23-34)53-47-27-21-33(31-52)29-41(47)50-48(53)18-9-19-49(50)55-44-16-7-3-12-38(44)39-13-4-8-17-45(39)55/h1-29H. The van der Waals surface area contributed by atoms with E-state index in [1.165, 1.54) is 21.5 Å². The van der Waals surface area contributed by atoms with Gasteiger partial charge in [0.15, 0.2) is 0 Å². The third-order valence-electron chi connectivity index (χ3n) is 11.1. The molecule has 0 amide bonds. The van der Waals surface area contributed by atoms with Gasteiger partial charge in [-0.1, -0.05) is 91.0 Å². The van der Waals surface area contributed by atoms with Crippen molar-refractivity contribution < 1.29 is 0 Å². The highest BCUT2D eigenvalue weighted by molar-refractivity contribution is 6.17. The highest BCUT2D eigenvalue weighted by Crippen LogP contribution is 2.41. The van der Waals surface area contributed by atoms with E-state index in [2.05, 4.69) is 177 Å². The lowest BCUT2D eigenvalue weighted by atomic mass is 10.00. The monoisotopic (exact) mass is 699 g/mol. The Morgan fingerprint density at radius 2 is 0.818 bits per heavy atom. The molecule has 0 aliphatic carbocycles. The summed E-state index contributed by atoms with van der Waals surface area (Å²) in [6.45, 7) is 0. The number of hydrogen-bond donors (Lipinski definition) is 0. The molecule has 0 atom stereocenters. The molecule has 55 heavy (non-hydrogen) atoms. The number of rotatable bonds is 4. The molecule has 0 fully saturated rings. The molecule has 0 saturated heterocycles. The third-order valence-corrected chi connectivity index (χ3v) is 11.1. The normalized spacial score (nSPS) is 11.6. The van der Waals surface area contributed by atoms with E-state index < -0.39 is 0 Å². The second kappa shape index (κ2) is 11.8. The maximum atomic E-state index is 10.0. The van der Waals surface area contributed by atoms with Gasteiger partial charge >= 0.3 is 0 Å². The molecule has 0 unspecified atom stereocenters. The van der Waals surface area contributed by atoms with Crippen molar-refractivity contribution in [2.24, 2.45) is 0 Å². The van der Waals surface area contributed by atoms with Crippen LogP contribution in [-0.2, 0) is 0 Å². The Morgan fingerprint density at radius 3 is 1.38 bits per heavy atom. The molecule has 5 heteroatoms. The quantitative estimate of drug-likeness (QED) is 0.184. The van der Waals surface area contributed by atoms with E-state index >= 15 is 0 Å².